The molecule has 0 rings (SSSR count). The molecule has 0 spiro atoms. The van der Waals surface area contributed by atoms with Gasteiger partial charge in [0.1, 0.15) is 19.3 Å². The number of nitrogens with zero attached hydrogens (tertiary/aromatic N) is 1. The fourth-order valence-corrected chi connectivity index (χ4v) is 7.45. The van der Waals surface area contributed by atoms with Crippen LogP contribution >= 0.6 is 7.82 Å². The van der Waals surface area contributed by atoms with E-state index in [2.05, 4.69) is 111 Å². The Bertz CT molecular complexity index is 1360. The van der Waals surface area contributed by atoms with Gasteiger partial charge >= 0.3 is 13.8 Å². The number of carbonyl (C=O) groups is 1. The number of quaternary nitrogens is 1. The lowest BCUT2D eigenvalue weighted by atomic mass is 10.1. The Morgan fingerprint density at radius 3 is 1.26 bits per heavy atom. The van der Waals surface area contributed by atoms with Crippen LogP contribution in [0.2, 0.25) is 0 Å². The van der Waals surface area contributed by atoms with Gasteiger partial charge in [0.05, 0.1) is 34.4 Å². The first-order valence-corrected chi connectivity index (χ1v) is 27.5. The van der Waals surface area contributed by atoms with Crippen molar-refractivity contribution in [1.29, 1.82) is 0 Å². The molecule has 0 aromatic carbocycles. The molecule has 1 N–H and O–H groups in total. The van der Waals surface area contributed by atoms with Crippen molar-refractivity contribution in [2.75, 3.05) is 54.1 Å². The van der Waals surface area contributed by atoms with Crippen molar-refractivity contribution < 1.29 is 37.3 Å². The molecule has 0 heterocycles. The highest BCUT2D eigenvalue weighted by atomic mass is 31.2. The summed E-state index contributed by atoms with van der Waals surface area (Å²) in [6, 6.07) is 0. The van der Waals surface area contributed by atoms with E-state index in [1.54, 1.807) is 0 Å². The van der Waals surface area contributed by atoms with Gasteiger partial charge in [-0.2, -0.15) is 0 Å². The summed E-state index contributed by atoms with van der Waals surface area (Å²) >= 11 is 0. The fraction of sp³-hybridized carbons (Fsp3) is 0.696. The molecule has 8 nitrogen and oxygen atoms in total. The zero-order valence-electron chi connectivity index (χ0n) is 42.4. The number of esters is 1. The molecule has 0 aromatic heterocycles. The molecule has 0 saturated carbocycles. The third kappa shape index (κ3) is 52.3. The highest BCUT2D eigenvalue weighted by molar-refractivity contribution is 7.47. The van der Waals surface area contributed by atoms with Gasteiger partial charge in [0, 0.05) is 13.0 Å². The summed E-state index contributed by atoms with van der Waals surface area (Å²) in [6.07, 6.45) is 66.0. The van der Waals surface area contributed by atoms with E-state index in [4.69, 9.17) is 18.5 Å². The van der Waals surface area contributed by atoms with E-state index in [0.29, 0.717) is 24.1 Å². The maximum absolute atomic E-state index is 12.8. The normalized spacial score (nSPS) is 14.4. The zero-order valence-corrected chi connectivity index (χ0v) is 43.3. The van der Waals surface area contributed by atoms with Gasteiger partial charge in [0.15, 0.2) is 0 Å². The van der Waals surface area contributed by atoms with Crippen LogP contribution in [0.15, 0.2) is 97.2 Å². The maximum atomic E-state index is 12.8. The Balaban J connectivity index is 4.17. The molecule has 0 aliphatic rings. The lowest BCUT2D eigenvalue weighted by Gasteiger charge is -2.24. The van der Waals surface area contributed by atoms with E-state index in [0.717, 1.165) is 96.3 Å². The number of carbonyl (C=O) groups excluding carboxylic acids is 1. The third-order valence-electron chi connectivity index (χ3n) is 10.6. The predicted octanol–water partition coefficient (Wildman–Crippen LogP) is 16.2. The first kappa shape index (κ1) is 62.4. The van der Waals surface area contributed by atoms with Gasteiger partial charge in [0.25, 0.3) is 0 Å². The molecule has 0 radical (unpaired) electrons. The summed E-state index contributed by atoms with van der Waals surface area (Å²) in [7, 11) is 1.64. The van der Waals surface area contributed by atoms with Crippen LogP contribution in [0.4, 0.5) is 0 Å². The molecule has 0 fully saturated rings. The topological polar surface area (TPSA) is 91.3 Å². The number of allylic oxidation sites excluding steroid dienone is 16. The van der Waals surface area contributed by atoms with Crippen LogP contribution in [-0.4, -0.2) is 75.6 Å². The minimum absolute atomic E-state index is 0.0798. The largest absolute Gasteiger partial charge is 0.472 e. The molecule has 9 heteroatoms. The molecule has 0 bridgehead atoms. The molecule has 2 unspecified atom stereocenters. The van der Waals surface area contributed by atoms with Crippen LogP contribution in [-0.2, 0) is 27.9 Å². The molecule has 0 amide bonds. The molecule has 0 aliphatic carbocycles. The summed E-state index contributed by atoms with van der Waals surface area (Å²) in [5, 5.41) is 0. The van der Waals surface area contributed by atoms with Gasteiger partial charge in [-0.25, -0.2) is 4.57 Å². The van der Waals surface area contributed by atoms with E-state index in [-0.39, 0.29) is 25.8 Å². The van der Waals surface area contributed by atoms with Crippen molar-refractivity contribution in [1.82, 2.24) is 0 Å². The Morgan fingerprint density at radius 2 is 0.846 bits per heavy atom. The lowest BCUT2D eigenvalue weighted by Crippen LogP contribution is -2.37. The first-order chi connectivity index (χ1) is 31.6. The smallest absolute Gasteiger partial charge is 0.457 e. The van der Waals surface area contributed by atoms with Crippen molar-refractivity contribution in [3.8, 4) is 0 Å². The number of ether oxygens (including phenoxy) is 2. The second-order valence-electron chi connectivity index (χ2n) is 18.1. The van der Waals surface area contributed by atoms with Gasteiger partial charge in [-0.3, -0.25) is 13.8 Å². The molecule has 2 atom stereocenters. The average Bonchev–Trinajstić information content (AvgIpc) is 3.27. The van der Waals surface area contributed by atoms with Crippen molar-refractivity contribution in [3.05, 3.63) is 97.2 Å². The highest BCUT2D eigenvalue weighted by Gasteiger charge is 2.26. The van der Waals surface area contributed by atoms with Crippen molar-refractivity contribution in [2.45, 2.75) is 200 Å². The Hall–Kier alpha value is -2.58. The second kappa shape index (κ2) is 47.9. The molecule has 0 aliphatic heterocycles. The first-order valence-electron chi connectivity index (χ1n) is 26.0. The molecule has 0 saturated heterocycles. The SMILES string of the molecule is CC/C=C\C/C=C\C/C=C\C/C=C\CCCCCCCCCCCCCOCC(COP(=O)(O)OCC[N+](C)(C)C)OC(=O)CCCCCCCC/C=C\C/C=C\C/C=C\C/C=C\CC. The van der Waals surface area contributed by atoms with E-state index in [9.17, 15) is 14.3 Å². The van der Waals surface area contributed by atoms with Crippen LogP contribution in [0.25, 0.3) is 0 Å². The number of unbranched alkanes of at least 4 members (excludes halogenated alkanes) is 17. The van der Waals surface area contributed by atoms with E-state index < -0.39 is 13.9 Å². The number of likely N-dealkylation sites (N-methyl/N-ethyl adjacent to an activating group) is 1. The minimum atomic E-state index is -4.29. The monoisotopic (exact) mass is 929 g/mol. The second-order valence-corrected chi connectivity index (χ2v) is 19.6. The van der Waals surface area contributed by atoms with Crippen molar-refractivity contribution >= 4 is 13.8 Å². The summed E-state index contributed by atoms with van der Waals surface area (Å²) in [5.74, 6) is -0.331. The third-order valence-corrected chi connectivity index (χ3v) is 11.6. The van der Waals surface area contributed by atoms with Crippen molar-refractivity contribution in [3.63, 3.8) is 0 Å². The fourth-order valence-electron chi connectivity index (χ4n) is 6.71. The van der Waals surface area contributed by atoms with Gasteiger partial charge in [-0.05, 0) is 89.9 Å². The number of hydrogen-bond acceptors (Lipinski definition) is 6. The summed E-state index contributed by atoms with van der Waals surface area (Å²) in [6.45, 7) is 5.36. The van der Waals surface area contributed by atoms with Gasteiger partial charge in [-0.1, -0.05) is 195 Å². The number of rotatable bonds is 47. The van der Waals surface area contributed by atoms with E-state index in [1.807, 2.05) is 21.1 Å². The van der Waals surface area contributed by atoms with Gasteiger partial charge in [0.2, 0.25) is 0 Å². The molecule has 0 aromatic rings. The zero-order chi connectivity index (χ0) is 47.6. The van der Waals surface area contributed by atoms with Gasteiger partial charge < -0.3 is 18.9 Å². The quantitative estimate of drug-likeness (QED) is 0.0214. The predicted molar refractivity (Wildman–Crippen MR) is 279 cm³/mol. The summed E-state index contributed by atoms with van der Waals surface area (Å²) in [4.78, 5) is 23.0. The molecule has 65 heavy (non-hydrogen) atoms. The Labute approximate surface area is 400 Å². The lowest BCUT2D eigenvalue weighted by molar-refractivity contribution is -0.870. The van der Waals surface area contributed by atoms with Crippen LogP contribution in [0.5, 0.6) is 0 Å². The Morgan fingerprint density at radius 1 is 0.477 bits per heavy atom. The van der Waals surface area contributed by atoms with E-state index in [1.165, 1.54) is 77.0 Å². The Kier molecular flexibility index (Phi) is 46.0. The van der Waals surface area contributed by atoms with Gasteiger partial charge in [-0.15, -0.1) is 0 Å². The van der Waals surface area contributed by atoms with Crippen LogP contribution in [0, 0.1) is 0 Å². The van der Waals surface area contributed by atoms with E-state index >= 15 is 0 Å². The van der Waals surface area contributed by atoms with Crippen LogP contribution < -0.4 is 0 Å². The highest BCUT2D eigenvalue weighted by Crippen LogP contribution is 2.43. The number of phosphoric ester groups is 1. The van der Waals surface area contributed by atoms with Crippen LogP contribution in [0.1, 0.15) is 194 Å². The number of phosphoric acid groups is 1. The minimum Gasteiger partial charge on any atom is -0.457 e. The molecular formula is C56H99NO7P+. The summed E-state index contributed by atoms with van der Waals surface area (Å²) in [5.41, 5.74) is 0. The molecular weight excluding hydrogens is 830 g/mol. The maximum Gasteiger partial charge on any atom is 0.472 e. The average molecular weight is 929 g/mol. The molecule has 374 valence electrons. The van der Waals surface area contributed by atoms with Crippen LogP contribution in [0.3, 0.4) is 0 Å². The number of hydrogen-bond donors (Lipinski definition) is 1. The standard InChI is InChI=1S/C56H98NO7P/c1-6-8-10-12-14-16-18-20-22-24-26-27-28-29-30-32-34-36-38-40-42-44-46-48-51-61-53-55(54-63-65(59,60)62-52-50-57(3,4)5)64-56(58)49-47-45-43-41-39-37-35-33-31-25-23-21-19-17-15-13-11-9-7-2/h8-11,14-17,20-23,26-27,31,33,55H,6-7,12-13,18-19,24-25,28-30,32,34-54H2,1-5H3/p+1/b10-8-,11-9-,16-14-,17-15-,22-20-,23-21-,27-26-,33-31-. The van der Waals surface area contributed by atoms with Crippen molar-refractivity contribution in [2.24, 2.45) is 0 Å². The summed E-state index contributed by atoms with van der Waals surface area (Å²) < 4.78 is 35.2.